The summed E-state index contributed by atoms with van der Waals surface area (Å²) in [5, 5.41) is 1.38. The number of nitrogens with zero attached hydrogens (tertiary/aromatic N) is 2. The van der Waals surface area contributed by atoms with E-state index in [1.807, 2.05) is 24.3 Å². The van der Waals surface area contributed by atoms with Crippen molar-refractivity contribution < 1.29 is 4.74 Å². The first kappa shape index (κ1) is 20.2. The molecule has 3 aromatic rings. The summed E-state index contributed by atoms with van der Waals surface area (Å²) < 4.78 is 6.19. The smallest absolute Gasteiger partial charge is 0.213 e. The van der Waals surface area contributed by atoms with Gasteiger partial charge in [-0.2, -0.15) is 0 Å². The molecule has 3 nitrogen and oxygen atoms in total. The molecular formula is C24H24Cl2N2O. The highest BCUT2D eigenvalue weighted by atomic mass is 35.5. The van der Waals surface area contributed by atoms with Crippen LogP contribution in [-0.2, 0) is 6.54 Å². The van der Waals surface area contributed by atoms with Gasteiger partial charge in [-0.1, -0.05) is 65.7 Å². The van der Waals surface area contributed by atoms with Gasteiger partial charge in [0.2, 0.25) is 5.88 Å². The molecule has 2 heterocycles. The van der Waals surface area contributed by atoms with Gasteiger partial charge < -0.3 is 4.74 Å². The van der Waals surface area contributed by atoms with Crippen molar-refractivity contribution in [3.63, 3.8) is 0 Å². The Balaban J connectivity index is 1.53. The highest BCUT2D eigenvalue weighted by Crippen LogP contribution is 2.35. The van der Waals surface area contributed by atoms with E-state index in [4.69, 9.17) is 27.9 Å². The van der Waals surface area contributed by atoms with Crippen LogP contribution in [0.25, 0.3) is 0 Å². The summed E-state index contributed by atoms with van der Waals surface area (Å²) in [7, 11) is 0. The number of hydrogen-bond donors (Lipinski definition) is 0. The minimum atomic E-state index is 0.00434. The highest BCUT2D eigenvalue weighted by Gasteiger charge is 2.37. The maximum absolute atomic E-state index is 6.19. The van der Waals surface area contributed by atoms with Gasteiger partial charge in [0, 0.05) is 36.4 Å². The molecule has 150 valence electrons. The third-order valence-electron chi connectivity index (χ3n) is 5.57. The molecule has 5 heteroatoms. The quantitative estimate of drug-likeness (QED) is 0.467. The number of rotatable bonds is 6. The fraction of sp³-hybridized carbons (Fsp3) is 0.292. The van der Waals surface area contributed by atoms with Gasteiger partial charge in [0.1, 0.15) is 6.10 Å². The lowest BCUT2D eigenvalue weighted by molar-refractivity contribution is 0.0972. The van der Waals surface area contributed by atoms with Crippen LogP contribution in [0.3, 0.4) is 0 Å². The van der Waals surface area contributed by atoms with Crippen molar-refractivity contribution in [2.24, 2.45) is 0 Å². The first-order valence-electron chi connectivity index (χ1n) is 9.90. The van der Waals surface area contributed by atoms with E-state index < -0.39 is 0 Å². The summed E-state index contributed by atoms with van der Waals surface area (Å²) in [6.07, 6.45) is 2.66. The molecule has 0 bridgehead atoms. The standard InChI is InChI=1S/C24H24Cl2N2O/c1-17(29-24-12-11-22(26)14-27-24)23-13-20(19-7-9-21(25)10-8-19)16-28(23)15-18-5-3-2-4-6-18/h2-12,14,17,20,23H,13,15-16H2,1H3/t17-,20+,23?/m0/s1. The fourth-order valence-electron chi connectivity index (χ4n) is 4.10. The molecule has 1 aromatic heterocycles. The number of aromatic nitrogens is 1. The lowest BCUT2D eigenvalue weighted by atomic mass is 9.95. The molecule has 1 aliphatic heterocycles. The zero-order valence-corrected chi connectivity index (χ0v) is 17.9. The van der Waals surface area contributed by atoms with Crippen molar-refractivity contribution in [2.45, 2.75) is 38.0 Å². The summed E-state index contributed by atoms with van der Waals surface area (Å²) in [4.78, 5) is 6.82. The second kappa shape index (κ2) is 9.17. The van der Waals surface area contributed by atoms with Gasteiger partial charge >= 0.3 is 0 Å². The van der Waals surface area contributed by atoms with Crippen LogP contribution in [0.15, 0.2) is 72.9 Å². The molecular weight excluding hydrogens is 403 g/mol. The van der Waals surface area contributed by atoms with Gasteiger partial charge in [0.05, 0.1) is 5.02 Å². The van der Waals surface area contributed by atoms with Gasteiger partial charge in [-0.25, -0.2) is 4.98 Å². The number of hydrogen-bond acceptors (Lipinski definition) is 3. The first-order chi connectivity index (χ1) is 14.1. The Hall–Kier alpha value is -2.07. The topological polar surface area (TPSA) is 25.4 Å². The SMILES string of the molecule is C[C@H](Oc1ccc(Cl)cn1)C1C[C@@H](c2ccc(Cl)cc2)CN1Cc1ccccc1. The molecule has 0 radical (unpaired) electrons. The summed E-state index contributed by atoms with van der Waals surface area (Å²) in [5.74, 6) is 1.06. The summed E-state index contributed by atoms with van der Waals surface area (Å²) in [6.45, 7) is 4.02. The highest BCUT2D eigenvalue weighted by molar-refractivity contribution is 6.30. The Morgan fingerprint density at radius 2 is 1.72 bits per heavy atom. The molecule has 3 atom stereocenters. The van der Waals surface area contributed by atoms with Crippen LogP contribution in [-0.4, -0.2) is 28.6 Å². The lowest BCUT2D eigenvalue weighted by Crippen LogP contribution is -2.40. The van der Waals surface area contributed by atoms with E-state index in [1.54, 1.807) is 6.20 Å². The molecule has 1 fully saturated rings. The number of likely N-dealkylation sites (tertiary alicyclic amines) is 1. The Kier molecular flexibility index (Phi) is 6.39. The van der Waals surface area contributed by atoms with Crippen LogP contribution >= 0.6 is 23.2 Å². The van der Waals surface area contributed by atoms with Crippen LogP contribution in [0.4, 0.5) is 0 Å². The van der Waals surface area contributed by atoms with E-state index in [1.165, 1.54) is 11.1 Å². The van der Waals surface area contributed by atoms with E-state index >= 15 is 0 Å². The predicted octanol–water partition coefficient (Wildman–Crippen LogP) is 6.21. The third kappa shape index (κ3) is 5.11. The Labute approximate surface area is 182 Å². The number of pyridine rings is 1. The van der Waals surface area contributed by atoms with Crippen molar-refractivity contribution in [3.05, 3.63) is 94.1 Å². The number of benzene rings is 2. The minimum absolute atomic E-state index is 0.00434. The van der Waals surface area contributed by atoms with E-state index in [2.05, 4.69) is 59.3 Å². The average Bonchev–Trinajstić information content (AvgIpc) is 3.15. The third-order valence-corrected chi connectivity index (χ3v) is 6.04. The van der Waals surface area contributed by atoms with Crippen molar-refractivity contribution in [2.75, 3.05) is 6.54 Å². The Morgan fingerprint density at radius 1 is 1.00 bits per heavy atom. The average molecular weight is 427 g/mol. The fourth-order valence-corrected chi connectivity index (χ4v) is 4.34. The van der Waals surface area contributed by atoms with Crippen LogP contribution in [0, 0.1) is 0 Å². The lowest BCUT2D eigenvalue weighted by Gasteiger charge is -2.29. The van der Waals surface area contributed by atoms with Crippen molar-refractivity contribution in [1.82, 2.24) is 9.88 Å². The van der Waals surface area contributed by atoms with Crippen LogP contribution in [0.2, 0.25) is 10.0 Å². The Morgan fingerprint density at radius 3 is 2.41 bits per heavy atom. The van der Waals surface area contributed by atoms with Gasteiger partial charge in [0.25, 0.3) is 0 Å². The molecule has 0 saturated carbocycles. The van der Waals surface area contributed by atoms with Crippen molar-refractivity contribution >= 4 is 23.2 Å². The molecule has 1 saturated heterocycles. The normalized spacial score (nSPS) is 20.5. The second-order valence-corrected chi connectivity index (χ2v) is 8.48. The van der Waals surface area contributed by atoms with E-state index in [0.717, 1.165) is 24.5 Å². The molecule has 0 N–H and O–H groups in total. The zero-order chi connectivity index (χ0) is 20.2. The summed E-state index contributed by atoms with van der Waals surface area (Å²) >= 11 is 12.0. The summed E-state index contributed by atoms with van der Waals surface area (Å²) in [5.41, 5.74) is 2.64. The maximum atomic E-state index is 6.19. The predicted molar refractivity (Wildman–Crippen MR) is 119 cm³/mol. The van der Waals surface area contributed by atoms with E-state index in [0.29, 0.717) is 16.8 Å². The largest absolute Gasteiger partial charge is 0.473 e. The number of ether oxygens (including phenoxy) is 1. The zero-order valence-electron chi connectivity index (χ0n) is 16.3. The molecule has 0 amide bonds. The summed E-state index contributed by atoms with van der Waals surface area (Å²) in [6, 6.07) is 22.8. The van der Waals surface area contributed by atoms with Gasteiger partial charge in [-0.15, -0.1) is 0 Å². The molecule has 0 spiro atoms. The van der Waals surface area contributed by atoms with Crippen molar-refractivity contribution in [1.29, 1.82) is 0 Å². The van der Waals surface area contributed by atoms with Gasteiger partial charge in [-0.05, 0) is 48.6 Å². The minimum Gasteiger partial charge on any atom is -0.473 e. The van der Waals surface area contributed by atoms with E-state index in [9.17, 15) is 0 Å². The van der Waals surface area contributed by atoms with Gasteiger partial charge in [-0.3, -0.25) is 4.90 Å². The molecule has 29 heavy (non-hydrogen) atoms. The Bertz CT molecular complexity index is 916. The van der Waals surface area contributed by atoms with Crippen LogP contribution < -0.4 is 4.74 Å². The first-order valence-corrected chi connectivity index (χ1v) is 10.7. The van der Waals surface area contributed by atoms with Crippen LogP contribution in [0.1, 0.15) is 30.4 Å². The van der Waals surface area contributed by atoms with Gasteiger partial charge in [0.15, 0.2) is 0 Å². The van der Waals surface area contributed by atoms with Crippen molar-refractivity contribution in [3.8, 4) is 5.88 Å². The second-order valence-electron chi connectivity index (χ2n) is 7.60. The van der Waals surface area contributed by atoms with E-state index in [-0.39, 0.29) is 12.1 Å². The number of halogens is 2. The molecule has 1 unspecified atom stereocenters. The van der Waals surface area contributed by atoms with Crippen LogP contribution in [0.5, 0.6) is 5.88 Å². The molecule has 1 aliphatic rings. The molecule has 4 rings (SSSR count). The maximum Gasteiger partial charge on any atom is 0.213 e. The monoisotopic (exact) mass is 426 g/mol. The molecule has 2 aromatic carbocycles. The molecule has 0 aliphatic carbocycles.